The summed E-state index contributed by atoms with van der Waals surface area (Å²) in [6.45, 7) is 0.432. The van der Waals surface area contributed by atoms with Gasteiger partial charge in [0.1, 0.15) is 23.8 Å². The molecule has 0 amide bonds. The van der Waals surface area contributed by atoms with Crippen LogP contribution in [0.2, 0.25) is 0 Å². The third kappa shape index (κ3) is 6.77. The van der Waals surface area contributed by atoms with Crippen LogP contribution in [0.5, 0.6) is 11.5 Å². The van der Waals surface area contributed by atoms with Crippen LogP contribution in [-0.2, 0) is 13.2 Å². The van der Waals surface area contributed by atoms with E-state index in [-0.39, 0.29) is 47.0 Å². The molecule has 0 saturated carbocycles. The van der Waals surface area contributed by atoms with Crippen LogP contribution in [0.3, 0.4) is 0 Å². The molecule has 0 aliphatic heterocycles. The molecule has 3 rings (SSSR count). The van der Waals surface area contributed by atoms with Crippen molar-refractivity contribution in [3.8, 4) is 11.5 Å². The lowest BCUT2D eigenvalue weighted by atomic mass is 10.1. The molecule has 1 heterocycles. The van der Waals surface area contributed by atoms with Crippen LogP contribution in [0.4, 0.5) is 0 Å². The largest absolute Gasteiger partial charge is 0.493 e. The fourth-order valence-electron chi connectivity index (χ4n) is 2.95. The highest BCUT2D eigenvalue weighted by molar-refractivity contribution is 5.95. The second kappa shape index (κ2) is 10.8. The van der Waals surface area contributed by atoms with E-state index < -0.39 is 23.9 Å². The molecule has 13 heteroatoms. The van der Waals surface area contributed by atoms with E-state index in [4.69, 9.17) is 29.9 Å². The van der Waals surface area contributed by atoms with Gasteiger partial charge in [0.05, 0.1) is 35.1 Å². The van der Waals surface area contributed by atoms with E-state index in [1.54, 1.807) is 6.20 Å². The zero-order chi connectivity index (χ0) is 25.5. The molecule has 0 aliphatic rings. The summed E-state index contributed by atoms with van der Waals surface area (Å²) in [4.78, 5) is 44.7. The Balaban J connectivity index is 1.54. The van der Waals surface area contributed by atoms with E-state index in [1.807, 2.05) is 0 Å². The van der Waals surface area contributed by atoms with Crippen molar-refractivity contribution in [1.82, 2.24) is 15.0 Å². The first kappa shape index (κ1) is 24.7. The molecule has 0 spiro atoms. The van der Waals surface area contributed by atoms with Gasteiger partial charge in [-0.2, -0.15) is 0 Å². The topological polar surface area (TPSA) is 198 Å². The van der Waals surface area contributed by atoms with E-state index >= 15 is 0 Å². The van der Waals surface area contributed by atoms with Crippen LogP contribution in [0, 0.1) is 0 Å². The number of hydrogen-bond acceptors (Lipinski definition) is 8. The standard InChI is InChI=1S/C22H19N3O10/c26-19(27)12-4-13(20(28)29)7-17(6-12)34-3-1-2-25-10-16(23-24-25)11-35-18-8-14(21(30)31)5-15(9-18)22(32)33/h4-10H,1-3,11H2,(H,26,27)(H,28,29)(H,30,31)(H,32,33). The van der Waals surface area contributed by atoms with Crippen LogP contribution in [0.25, 0.3) is 0 Å². The maximum Gasteiger partial charge on any atom is 0.335 e. The summed E-state index contributed by atoms with van der Waals surface area (Å²) in [6, 6.07) is 6.92. The molecular formula is C22H19N3O10. The maximum absolute atomic E-state index is 11.2. The Hall–Kier alpha value is -4.94. The van der Waals surface area contributed by atoms with Gasteiger partial charge in [-0.15, -0.1) is 5.10 Å². The second-order valence-corrected chi connectivity index (χ2v) is 7.18. The molecule has 0 radical (unpaired) electrons. The first-order valence-electron chi connectivity index (χ1n) is 10.0. The van der Waals surface area contributed by atoms with Gasteiger partial charge in [-0.05, 0) is 36.4 Å². The Morgan fingerprint density at radius 1 is 0.714 bits per heavy atom. The Morgan fingerprint density at radius 2 is 1.17 bits per heavy atom. The molecule has 1 aromatic heterocycles. The summed E-state index contributed by atoms with van der Waals surface area (Å²) < 4.78 is 12.4. The predicted octanol–water partition coefficient (Wildman–Crippen LogP) is 2.12. The van der Waals surface area contributed by atoms with Gasteiger partial charge in [0.25, 0.3) is 0 Å². The average Bonchev–Trinajstić information content (AvgIpc) is 3.27. The molecule has 35 heavy (non-hydrogen) atoms. The van der Waals surface area contributed by atoms with Crippen molar-refractivity contribution >= 4 is 23.9 Å². The lowest BCUT2D eigenvalue weighted by Gasteiger charge is -2.08. The number of ether oxygens (including phenoxy) is 2. The first-order valence-corrected chi connectivity index (χ1v) is 10.0. The average molecular weight is 485 g/mol. The monoisotopic (exact) mass is 485 g/mol. The summed E-state index contributed by atoms with van der Waals surface area (Å²) in [5, 5.41) is 44.3. The number of aromatic carboxylic acids is 4. The van der Waals surface area contributed by atoms with Crippen molar-refractivity contribution in [3.63, 3.8) is 0 Å². The number of carboxylic acid groups (broad SMARTS) is 4. The predicted molar refractivity (Wildman–Crippen MR) is 115 cm³/mol. The summed E-state index contributed by atoms with van der Waals surface area (Å²) in [7, 11) is 0. The molecule has 0 unspecified atom stereocenters. The van der Waals surface area contributed by atoms with Crippen LogP contribution in [-0.4, -0.2) is 65.9 Å². The van der Waals surface area contributed by atoms with Crippen molar-refractivity contribution in [2.75, 3.05) is 6.61 Å². The Bertz CT molecular complexity index is 1220. The quantitative estimate of drug-likeness (QED) is 0.273. The fraction of sp³-hybridized carbons (Fsp3) is 0.182. The number of aryl methyl sites for hydroxylation is 1. The SMILES string of the molecule is O=C(O)c1cc(OCCCn2cc(COc3cc(C(=O)O)cc(C(=O)O)c3)nn2)cc(C(=O)O)c1. The third-order valence-corrected chi connectivity index (χ3v) is 4.57. The Labute approximate surface area is 196 Å². The summed E-state index contributed by atoms with van der Waals surface area (Å²) >= 11 is 0. The van der Waals surface area contributed by atoms with Gasteiger partial charge in [-0.3, -0.25) is 4.68 Å². The van der Waals surface area contributed by atoms with E-state index in [0.29, 0.717) is 18.7 Å². The molecule has 2 aromatic carbocycles. The molecular weight excluding hydrogens is 466 g/mol. The number of aromatic nitrogens is 3. The van der Waals surface area contributed by atoms with Gasteiger partial charge in [0.2, 0.25) is 0 Å². The van der Waals surface area contributed by atoms with Gasteiger partial charge >= 0.3 is 23.9 Å². The highest BCUT2D eigenvalue weighted by Crippen LogP contribution is 2.20. The zero-order valence-corrected chi connectivity index (χ0v) is 17.9. The normalized spacial score (nSPS) is 10.5. The molecule has 0 atom stereocenters. The first-order chi connectivity index (χ1) is 16.6. The van der Waals surface area contributed by atoms with Gasteiger partial charge in [-0.1, -0.05) is 5.21 Å². The van der Waals surface area contributed by atoms with Crippen molar-refractivity contribution in [2.45, 2.75) is 19.6 Å². The number of carboxylic acids is 4. The minimum Gasteiger partial charge on any atom is -0.493 e. The number of rotatable bonds is 12. The lowest BCUT2D eigenvalue weighted by molar-refractivity contribution is 0.0675. The summed E-state index contributed by atoms with van der Waals surface area (Å²) in [5.74, 6) is -4.97. The number of nitrogens with zero attached hydrogens (tertiary/aromatic N) is 3. The maximum atomic E-state index is 11.2. The van der Waals surface area contributed by atoms with Crippen LogP contribution < -0.4 is 9.47 Å². The second-order valence-electron chi connectivity index (χ2n) is 7.18. The van der Waals surface area contributed by atoms with Gasteiger partial charge in [-0.25, -0.2) is 19.2 Å². The Morgan fingerprint density at radius 3 is 1.63 bits per heavy atom. The molecule has 0 fully saturated rings. The number of carbonyl (C=O) groups is 4. The summed E-state index contributed by atoms with van der Waals surface area (Å²) in [5.41, 5.74) is -0.458. The van der Waals surface area contributed by atoms with Crippen molar-refractivity contribution in [3.05, 3.63) is 70.5 Å². The van der Waals surface area contributed by atoms with E-state index in [0.717, 1.165) is 12.1 Å². The number of hydrogen-bond donors (Lipinski definition) is 4. The molecule has 0 saturated heterocycles. The zero-order valence-electron chi connectivity index (χ0n) is 17.9. The van der Waals surface area contributed by atoms with Crippen LogP contribution in [0.15, 0.2) is 42.6 Å². The fourth-order valence-corrected chi connectivity index (χ4v) is 2.95. The highest BCUT2D eigenvalue weighted by atomic mass is 16.5. The molecule has 4 N–H and O–H groups in total. The van der Waals surface area contributed by atoms with Gasteiger partial charge in [0.15, 0.2) is 0 Å². The van der Waals surface area contributed by atoms with Crippen molar-refractivity contribution < 1.29 is 49.1 Å². The van der Waals surface area contributed by atoms with Crippen molar-refractivity contribution in [2.24, 2.45) is 0 Å². The molecule has 13 nitrogen and oxygen atoms in total. The molecule has 182 valence electrons. The van der Waals surface area contributed by atoms with E-state index in [1.165, 1.54) is 28.9 Å². The highest BCUT2D eigenvalue weighted by Gasteiger charge is 2.14. The number of benzene rings is 2. The van der Waals surface area contributed by atoms with Gasteiger partial charge < -0.3 is 29.9 Å². The molecule has 3 aromatic rings. The minimum absolute atomic E-state index is 0.0505. The minimum atomic E-state index is -1.29. The van der Waals surface area contributed by atoms with Gasteiger partial charge in [0, 0.05) is 13.0 Å². The molecule has 0 bridgehead atoms. The smallest absolute Gasteiger partial charge is 0.335 e. The Kier molecular flexibility index (Phi) is 7.61. The van der Waals surface area contributed by atoms with Crippen LogP contribution in [0.1, 0.15) is 53.5 Å². The third-order valence-electron chi connectivity index (χ3n) is 4.57. The summed E-state index contributed by atoms with van der Waals surface area (Å²) in [6.07, 6.45) is 2.01. The lowest BCUT2D eigenvalue weighted by Crippen LogP contribution is -2.07. The van der Waals surface area contributed by atoms with E-state index in [2.05, 4.69) is 10.3 Å². The van der Waals surface area contributed by atoms with Crippen molar-refractivity contribution in [1.29, 1.82) is 0 Å². The van der Waals surface area contributed by atoms with E-state index in [9.17, 15) is 19.2 Å². The molecule has 0 aliphatic carbocycles. The van der Waals surface area contributed by atoms with Crippen LogP contribution >= 0.6 is 0 Å².